The Kier molecular flexibility index (Phi) is 3.92. The molecule has 0 radical (unpaired) electrons. The Morgan fingerprint density at radius 2 is 2.04 bits per heavy atom. The first-order valence-corrected chi connectivity index (χ1v) is 9.80. The third kappa shape index (κ3) is 2.71. The lowest BCUT2D eigenvalue weighted by molar-refractivity contribution is 0.0925. The summed E-state index contributed by atoms with van der Waals surface area (Å²) in [5.41, 5.74) is 6.34. The van der Waals surface area contributed by atoms with Gasteiger partial charge in [0.15, 0.2) is 5.69 Å². The van der Waals surface area contributed by atoms with Crippen molar-refractivity contribution in [2.45, 2.75) is 51.0 Å². The molecule has 1 amide bonds. The Morgan fingerprint density at radius 1 is 1.19 bits per heavy atom. The van der Waals surface area contributed by atoms with Gasteiger partial charge in [-0.15, -0.1) is 0 Å². The van der Waals surface area contributed by atoms with Gasteiger partial charge >= 0.3 is 0 Å². The quantitative estimate of drug-likeness (QED) is 0.664. The molecule has 1 aromatic carbocycles. The van der Waals surface area contributed by atoms with Crippen molar-refractivity contribution in [3.63, 3.8) is 0 Å². The molecule has 0 unspecified atom stereocenters. The Balaban J connectivity index is 1.46. The molecule has 1 atom stereocenters. The van der Waals surface area contributed by atoms with Gasteiger partial charge in [0.05, 0.1) is 13.2 Å². The second-order valence-electron chi connectivity index (χ2n) is 7.58. The third-order valence-electron chi connectivity index (χ3n) is 5.99. The standard InChI is InChI=1S/C21H24N4O2/c1-27-12-9-10-16-15(11-12)13-6-4-8-18(19(13)22-16)23-21(26)20-14-5-2-3-7-17(14)24-25-20/h9-11,18,22H,2-8H2,1H3,(H,23,26)(H,24,25)/t18-/m0/s1. The maximum Gasteiger partial charge on any atom is 0.272 e. The largest absolute Gasteiger partial charge is 0.497 e. The van der Waals surface area contributed by atoms with E-state index in [1.165, 1.54) is 17.4 Å². The number of aromatic nitrogens is 3. The number of nitrogens with one attached hydrogen (secondary N) is 3. The highest BCUT2D eigenvalue weighted by atomic mass is 16.5. The van der Waals surface area contributed by atoms with Crippen LogP contribution >= 0.6 is 0 Å². The number of methoxy groups -OCH3 is 1. The van der Waals surface area contributed by atoms with E-state index in [1.807, 2.05) is 6.07 Å². The zero-order chi connectivity index (χ0) is 18.4. The number of rotatable bonds is 3. The number of hydrogen-bond donors (Lipinski definition) is 3. The summed E-state index contributed by atoms with van der Waals surface area (Å²) in [7, 11) is 1.69. The molecular formula is C21H24N4O2. The van der Waals surface area contributed by atoms with Crippen molar-refractivity contribution >= 4 is 16.8 Å². The average Bonchev–Trinajstić information content (AvgIpc) is 3.29. The van der Waals surface area contributed by atoms with Crippen LogP contribution < -0.4 is 10.1 Å². The molecule has 6 nitrogen and oxygen atoms in total. The normalized spacial score (nSPS) is 18.8. The predicted octanol–water partition coefficient (Wildman–Crippen LogP) is 3.59. The first-order chi connectivity index (χ1) is 13.2. The van der Waals surface area contributed by atoms with Crippen LogP contribution in [0.25, 0.3) is 10.9 Å². The minimum atomic E-state index is -0.0662. The third-order valence-corrected chi connectivity index (χ3v) is 5.99. The first-order valence-electron chi connectivity index (χ1n) is 9.80. The van der Waals surface area contributed by atoms with E-state index in [4.69, 9.17) is 4.74 Å². The van der Waals surface area contributed by atoms with Gasteiger partial charge in [-0.2, -0.15) is 5.10 Å². The monoisotopic (exact) mass is 364 g/mol. The van der Waals surface area contributed by atoms with Crippen molar-refractivity contribution in [3.05, 3.63) is 46.4 Å². The second kappa shape index (κ2) is 6.44. The number of benzene rings is 1. The molecule has 27 heavy (non-hydrogen) atoms. The number of ether oxygens (including phenoxy) is 1. The number of carbonyl (C=O) groups is 1. The molecule has 2 heterocycles. The van der Waals surface area contributed by atoms with Crippen LogP contribution in [0.15, 0.2) is 18.2 Å². The van der Waals surface area contributed by atoms with Gasteiger partial charge in [-0.05, 0) is 68.7 Å². The molecule has 0 bridgehead atoms. The fourth-order valence-electron chi connectivity index (χ4n) is 4.61. The molecule has 140 valence electrons. The topological polar surface area (TPSA) is 82.8 Å². The van der Waals surface area contributed by atoms with E-state index in [1.54, 1.807) is 7.11 Å². The molecule has 0 saturated heterocycles. The summed E-state index contributed by atoms with van der Waals surface area (Å²) in [6.07, 6.45) is 7.25. The van der Waals surface area contributed by atoms with Crippen molar-refractivity contribution in [1.29, 1.82) is 0 Å². The summed E-state index contributed by atoms with van der Waals surface area (Å²) < 4.78 is 5.38. The SMILES string of the molecule is COc1ccc2[nH]c3c(c2c1)CCC[C@@H]3NC(=O)c1n[nH]c2c1CCCC2. The highest BCUT2D eigenvalue weighted by molar-refractivity contribution is 5.94. The van der Waals surface area contributed by atoms with Gasteiger partial charge < -0.3 is 15.0 Å². The van der Waals surface area contributed by atoms with Crippen molar-refractivity contribution in [3.8, 4) is 5.75 Å². The lowest BCUT2D eigenvalue weighted by atomic mass is 9.91. The van der Waals surface area contributed by atoms with Gasteiger partial charge in [-0.3, -0.25) is 9.89 Å². The van der Waals surface area contributed by atoms with Crippen molar-refractivity contribution < 1.29 is 9.53 Å². The molecule has 0 saturated carbocycles. The summed E-state index contributed by atoms with van der Waals surface area (Å²) in [5.74, 6) is 0.794. The summed E-state index contributed by atoms with van der Waals surface area (Å²) in [6.45, 7) is 0. The van der Waals surface area contributed by atoms with Gasteiger partial charge in [0, 0.05) is 27.9 Å². The zero-order valence-electron chi connectivity index (χ0n) is 15.5. The Morgan fingerprint density at radius 3 is 2.93 bits per heavy atom. The van der Waals surface area contributed by atoms with E-state index in [9.17, 15) is 4.79 Å². The molecule has 2 aliphatic carbocycles. The number of aryl methyl sites for hydroxylation is 2. The molecule has 5 rings (SSSR count). The fraction of sp³-hybridized carbons (Fsp3) is 0.429. The van der Waals surface area contributed by atoms with E-state index in [0.717, 1.165) is 66.7 Å². The fourth-order valence-corrected chi connectivity index (χ4v) is 4.61. The number of amides is 1. The number of aromatic amines is 2. The van der Waals surface area contributed by atoms with Crippen molar-refractivity contribution in [1.82, 2.24) is 20.5 Å². The predicted molar refractivity (Wildman–Crippen MR) is 103 cm³/mol. The molecule has 3 N–H and O–H groups in total. The summed E-state index contributed by atoms with van der Waals surface area (Å²) >= 11 is 0. The minimum absolute atomic E-state index is 0.00409. The zero-order valence-corrected chi connectivity index (χ0v) is 15.5. The molecular weight excluding hydrogens is 340 g/mol. The lowest BCUT2D eigenvalue weighted by Crippen LogP contribution is -2.32. The van der Waals surface area contributed by atoms with Crippen LogP contribution in [0.4, 0.5) is 0 Å². The first kappa shape index (κ1) is 16.4. The van der Waals surface area contributed by atoms with Crippen LogP contribution in [0.5, 0.6) is 5.75 Å². The van der Waals surface area contributed by atoms with Gasteiger partial charge in [-0.25, -0.2) is 0 Å². The smallest absolute Gasteiger partial charge is 0.272 e. The molecule has 6 heteroatoms. The van der Waals surface area contributed by atoms with Crippen molar-refractivity contribution in [2.24, 2.45) is 0 Å². The maximum atomic E-state index is 12.9. The second-order valence-corrected chi connectivity index (χ2v) is 7.58. The van der Waals surface area contributed by atoms with E-state index in [0.29, 0.717) is 5.69 Å². The molecule has 2 aromatic heterocycles. The van der Waals surface area contributed by atoms with Crippen LogP contribution in [-0.4, -0.2) is 28.2 Å². The molecule has 0 fully saturated rings. The summed E-state index contributed by atoms with van der Waals surface area (Å²) in [5, 5.41) is 11.8. The van der Waals surface area contributed by atoms with Crippen LogP contribution in [-0.2, 0) is 19.3 Å². The van der Waals surface area contributed by atoms with Gasteiger partial charge in [0.1, 0.15) is 5.75 Å². The maximum absolute atomic E-state index is 12.9. The highest BCUT2D eigenvalue weighted by Crippen LogP contribution is 2.36. The van der Waals surface area contributed by atoms with E-state index in [2.05, 4.69) is 32.6 Å². The minimum Gasteiger partial charge on any atom is -0.497 e. The number of fused-ring (bicyclic) bond motifs is 4. The number of carbonyl (C=O) groups excluding carboxylic acids is 1. The molecule has 3 aromatic rings. The van der Waals surface area contributed by atoms with Crippen molar-refractivity contribution in [2.75, 3.05) is 7.11 Å². The Bertz CT molecular complexity index is 1020. The summed E-state index contributed by atoms with van der Waals surface area (Å²) in [4.78, 5) is 16.5. The van der Waals surface area contributed by atoms with Crippen LogP contribution in [0, 0.1) is 0 Å². The highest BCUT2D eigenvalue weighted by Gasteiger charge is 2.28. The Labute approximate surface area is 157 Å². The molecule has 0 spiro atoms. The van der Waals surface area contributed by atoms with E-state index < -0.39 is 0 Å². The van der Waals surface area contributed by atoms with Crippen LogP contribution in [0.2, 0.25) is 0 Å². The molecule has 0 aliphatic heterocycles. The van der Waals surface area contributed by atoms with E-state index in [-0.39, 0.29) is 11.9 Å². The van der Waals surface area contributed by atoms with Crippen LogP contribution in [0.1, 0.15) is 64.7 Å². The number of nitrogens with zero attached hydrogens (tertiary/aromatic N) is 1. The van der Waals surface area contributed by atoms with Gasteiger partial charge in [0.25, 0.3) is 5.91 Å². The van der Waals surface area contributed by atoms with Gasteiger partial charge in [-0.1, -0.05) is 0 Å². The average molecular weight is 364 g/mol. The van der Waals surface area contributed by atoms with E-state index >= 15 is 0 Å². The van der Waals surface area contributed by atoms with Crippen LogP contribution in [0.3, 0.4) is 0 Å². The summed E-state index contributed by atoms with van der Waals surface area (Å²) in [6, 6.07) is 6.10. The number of hydrogen-bond acceptors (Lipinski definition) is 3. The lowest BCUT2D eigenvalue weighted by Gasteiger charge is -2.24. The Hall–Kier alpha value is -2.76. The van der Waals surface area contributed by atoms with Gasteiger partial charge in [0.2, 0.25) is 0 Å². The molecule has 2 aliphatic rings. The number of H-pyrrole nitrogens is 2.